The summed E-state index contributed by atoms with van der Waals surface area (Å²) in [6, 6.07) is 14.1. The van der Waals surface area contributed by atoms with Gasteiger partial charge in [-0.05, 0) is 41.8 Å². The summed E-state index contributed by atoms with van der Waals surface area (Å²) in [6.07, 6.45) is 0. The van der Waals surface area contributed by atoms with Crippen LogP contribution in [0.15, 0.2) is 53.4 Å². The second-order valence-corrected chi connectivity index (χ2v) is 9.55. The summed E-state index contributed by atoms with van der Waals surface area (Å²) in [7, 11) is 0. The molecule has 29 heavy (non-hydrogen) atoms. The van der Waals surface area contributed by atoms with E-state index in [0.717, 1.165) is 5.75 Å². The summed E-state index contributed by atoms with van der Waals surface area (Å²) >= 11 is 7.48. The molecule has 152 valence electrons. The highest BCUT2D eigenvalue weighted by atomic mass is 35.5. The number of hydrogen-bond donors (Lipinski definition) is 0. The molecule has 0 atom stereocenters. The zero-order chi connectivity index (χ0) is 21.1. The number of thioether (sulfide) groups is 1. The van der Waals surface area contributed by atoms with Crippen LogP contribution in [0.1, 0.15) is 33.3 Å². The number of halogens is 1. The molecule has 2 aromatic carbocycles. The first kappa shape index (κ1) is 21.5. The molecule has 0 aliphatic carbocycles. The van der Waals surface area contributed by atoms with Crippen molar-refractivity contribution in [2.24, 2.45) is 5.92 Å². The number of amides is 2. The fourth-order valence-corrected chi connectivity index (χ4v) is 4.11. The summed E-state index contributed by atoms with van der Waals surface area (Å²) < 4.78 is 5.73. The highest BCUT2D eigenvalue weighted by Crippen LogP contribution is 2.40. The fourth-order valence-electron chi connectivity index (χ4n) is 2.94. The first-order chi connectivity index (χ1) is 13.8. The van der Waals surface area contributed by atoms with Gasteiger partial charge in [0.15, 0.2) is 0 Å². The second-order valence-electron chi connectivity index (χ2n) is 7.53. The number of imide groups is 1. The quantitative estimate of drug-likeness (QED) is 0.522. The number of carbonyl (C=O) groups is 2. The van der Waals surface area contributed by atoms with Crippen LogP contribution >= 0.6 is 23.4 Å². The Morgan fingerprint density at radius 3 is 2.28 bits per heavy atom. The topological polar surface area (TPSA) is 46.6 Å². The molecule has 0 spiro atoms. The smallest absolute Gasteiger partial charge is 0.272 e. The molecule has 0 bridgehead atoms. The molecule has 0 saturated carbocycles. The van der Waals surface area contributed by atoms with Crippen molar-refractivity contribution < 1.29 is 14.3 Å². The lowest BCUT2D eigenvalue weighted by Crippen LogP contribution is -2.31. The molecule has 2 amide bonds. The van der Waals surface area contributed by atoms with E-state index < -0.39 is 0 Å². The van der Waals surface area contributed by atoms with Crippen LogP contribution in [-0.4, -0.2) is 23.7 Å². The van der Waals surface area contributed by atoms with Gasteiger partial charge in [0.1, 0.15) is 5.75 Å². The monoisotopic (exact) mass is 429 g/mol. The van der Waals surface area contributed by atoms with Crippen molar-refractivity contribution in [1.82, 2.24) is 0 Å². The van der Waals surface area contributed by atoms with Gasteiger partial charge in [-0.2, -0.15) is 0 Å². The molecule has 0 N–H and O–H groups in total. The number of rotatable bonds is 7. The van der Waals surface area contributed by atoms with Crippen LogP contribution in [0.25, 0.3) is 5.57 Å². The van der Waals surface area contributed by atoms with E-state index in [4.69, 9.17) is 16.3 Å². The second kappa shape index (κ2) is 9.06. The maximum atomic E-state index is 13.3. The molecule has 0 unspecified atom stereocenters. The fraction of sp³-hybridized carbons (Fsp3) is 0.304. The van der Waals surface area contributed by atoms with Crippen LogP contribution in [0.3, 0.4) is 0 Å². The Morgan fingerprint density at radius 2 is 1.69 bits per heavy atom. The number of anilines is 1. The molecule has 1 aliphatic heterocycles. The molecule has 0 radical (unpaired) electrons. The van der Waals surface area contributed by atoms with Crippen molar-refractivity contribution in [3.63, 3.8) is 0 Å². The average molecular weight is 430 g/mol. The van der Waals surface area contributed by atoms with Gasteiger partial charge in [0.2, 0.25) is 0 Å². The van der Waals surface area contributed by atoms with E-state index in [1.54, 1.807) is 24.3 Å². The highest BCUT2D eigenvalue weighted by Gasteiger charge is 2.40. The van der Waals surface area contributed by atoms with Gasteiger partial charge in [-0.1, -0.05) is 57.5 Å². The summed E-state index contributed by atoms with van der Waals surface area (Å²) in [5, 5.41) is 0.631. The minimum atomic E-state index is -0.337. The number of nitrogens with zero attached hydrogens (tertiary/aromatic N) is 1. The summed E-state index contributed by atoms with van der Waals surface area (Å²) in [6.45, 7) is 8.79. The molecular formula is C23H24ClNO3S. The van der Waals surface area contributed by atoms with Gasteiger partial charge < -0.3 is 4.74 Å². The first-order valence-corrected chi connectivity index (χ1v) is 10.8. The first-order valence-electron chi connectivity index (χ1n) is 9.56. The van der Waals surface area contributed by atoms with Crippen LogP contribution in [-0.2, 0) is 9.59 Å². The van der Waals surface area contributed by atoms with E-state index in [9.17, 15) is 9.59 Å². The van der Waals surface area contributed by atoms with Gasteiger partial charge in [0, 0.05) is 10.3 Å². The third kappa shape index (κ3) is 4.85. The molecule has 6 heteroatoms. The molecule has 3 rings (SSSR count). The summed E-state index contributed by atoms with van der Waals surface area (Å²) in [5.74, 6) is 0.513. The van der Waals surface area contributed by atoms with E-state index in [-0.39, 0.29) is 17.1 Å². The third-order valence-corrected chi connectivity index (χ3v) is 5.51. The van der Waals surface area contributed by atoms with E-state index >= 15 is 0 Å². The Labute approximate surface area is 180 Å². The van der Waals surface area contributed by atoms with Crippen molar-refractivity contribution >= 4 is 46.4 Å². The van der Waals surface area contributed by atoms with Crippen molar-refractivity contribution in [2.75, 3.05) is 11.5 Å². The Morgan fingerprint density at radius 1 is 1.00 bits per heavy atom. The molecule has 0 saturated heterocycles. The van der Waals surface area contributed by atoms with E-state index in [0.29, 0.717) is 39.3 Å². The van der Waals surface area contributed by atoms with Crippen molar-refractivity contribution in [3.8, 4) is 5.75 Å². The van der Waals surface area contributed by atoms with Gasteiger partial charge in [-0.25, -0.2) is 4.90 Å². The van der Waals surface area contributed by atoms with Crippen LogP contribution < -0.4 is 9.64 Å². The summed E-state index contributed by atoms with van der Waals surface area (Å²) in [5.41, 5.74) is 1.60. The lowest BCUT2D eigenvalue weighted by atomic mass is 10.1. The van der Waals surface area contributed by atoms with Crippen LogP contribution in [0.4, 0.5) is 5.69 Å². The standard InChI is InChI=1S/C23H24ClNO3S/c1-14(2)13-28-19-10-8-16(9-11-19)20-21(29-15(3)4)23(27)25(22(20)26)18-7-5-6-17(24)12-18/h5-12,14-15H,13H2,1-4H3. The van der Waals surface area contributed by atoms with Crippen molar-refractivity contribution in [2.45, 2.75) is 32.9 Å². The third-order valence-electron chi connectivity index (χ3n) is 4.19. The van der Waals surface area contributed by atoms with Crippen LogP contribution in [0, 0.1) is 5.92 Å². The zero-order valence-electron chi connectivity index (χ0n) is 16.9. The lowest BCUT2D eigenvalue weighted by Gasteiger charge is -2.15. The molecule has 1 aliphatic rings. The zero-order valence-corrected chi connectivity index (χ0v) is 18.5. The van der Waals surface area contributed by atoms with Gasteiger partial charge in [-0.3, -0.25) is 9.59 Å². The number of ether oxygens (including phenoxy) is 1. The maximum Gasteiger partial charge on any atom is 0.272 e. The Kier molecular flexibility index (Phi) is 6.70. The SMILES string of the molecule is CC(C)COc1ccc(C2=C(SC(C)C)C(=O)N(c3cccc(Cl)c3)C2=O)cc1. The normalized spacial score (nSPS) is 14.5. The molecule has 2 aromatic rings. The van der Waals surface area contributed by atoms with Crippen LogP contribution in [0.5, 0.6) is 5.75 Å². The van der Waals surface area contributed by atoms with Gasteiger partial charge in [0.25, 0.3) is 11.8 Å². The van der Waals surface area contributed by atoms with E-state index in [1.165, 1.54) is 16.7 Å². The van der Waals surface area contributed by atoms with Gasteiger partial charge in [0.05, 0.1) is 22.8 Å². The molecular weight excluding hydrogens is 406 g/mol. The Balaban J connectivity index is 1.98. The van der Waals surface area contributed by atoms with E-state index in [2.05, 4.69) is 13.8 Å². The summed E-state index contributed by atoms with van der Waals surface area (Å²) in [4.78, 5) is 28.1. The van der Waals surface area contributed by atoms with Gasteiger partial charge >= 0.3 is 0 Å². The maximum absolute atomic E-state index is 13.3. The largest absolute Gasteiger partial charge is 0.493 e. The van der Waals surface area contributed by atoms with E-state index in [1.807, 2.05) is 38.1 Å². The van der Waals surface area contributed by atoms with Gasteiger partial charge in [-0.15, -0.1) is 11.8 Å². The molecule has 0 aromatic heterocycles. The average Bonchev–Trinajstić information content (AvgIpc) is 2.90. The lowest BCUT2D eigenvalue weighted by molar-refractivity contribution is -0.119. The molecule has 4 nitrogen and oxygen atoms in total. The van der Waals surface area contributed by atoms with Crippen molar-refractivity contribution in [3.05, 3.63) is 64.0 Å². The number of carbonyl (C=O) groups excluding carboxylic acids is 2. The predicted octanol–water partition coefficient (Wildman–Crippen LogP) is 5.80. The molecule has 1 heterocycles. The number of benzene rings is 2. The Hall–Kier alpha value is -2.24. The minimum Gasteiger partial charge on any atom is -0.493 e. The van der Waals surface area contributed by atoms with Crippen LogP contribution in [0.2, 0.25) is 5.02 Å². The molecule has 0 fully saturated rings. The van der Waals surface area contributed by atoms with Crippen molar-refractivity contribution in [1.29, 1.82) is 0 Å². The number of hydrogen-bond acceptors (Lipinski definition) is 4. The predicted molar refractivity (Wildman–Crippen MR) is 120 cm³/mol. The highest BCUT2D eigenvalue weighted by molar-refractivity contribution is 8.04. The minimum absolute atomic E-state index is 0.157. The Bertz CT molecular complexity index is 951.